The van der Waals surface area contributed by atoms with Gasteiger partial charge in [0.05, 0.1) is 10.3 Å². The summed E-state index contributed by atoms with van der Waals surface area (Å²) in [4.78, 5) is 28.0. The van der Waals surface area contributed by atoms with E-state index in [9.17, 15) is 20.0 Å². The predicted molar refractivity (Wildman–Crippen MR) is 80.4 cm³/mol. The second-order valence-electron chi connectivity index (χ2n) is 5.26. The van der Waals surface area contributed by atoms with Gasteiger partial charge < -0.3 is 10.0 Å². The minimum absolute atomic E-state index is 0.109. The zero-order valence-electron chi connectivity index (χ0n) is 11.6. The van der Waals surface area contributed by atoms with E-state index in [1.54, 1.807) is 4.90 Å². The predicted octanol–water partition coefficient (Wildman–Crippen LogP) is 2.83. The van der Waals surface area contributed by atoms with Gasteiger partial charge in [-0.25, -0.2) is 4.98 Å². The molecule has 0 aliphatic carbocycles. The molecule has 0 spiro atoms. The second-order valence-corrected chi connectivity index (χ2v) is 6.18. The summed E-state index contributed by atoms with van der Waals surface area (Å²) in [5.74, 6) is -0.603. The van der Waals surface area contributed by atoms with Gasteiger partial charge in [0.15, 0.2) is 0 Å². The van der Waals surface area contributed by atoms with Crippen LogP contribution in [-0.4, -0.2) is 34.1 Å². The molecule has 0 radical (unpaired) electrons. The lowest BCUT2D eigenvalue weighted by Gasteiger charge is -2.24. The third-order valence-electron chi connectivity index (χ3n) is 3.85. The zero-order chi connectivity index (χ0) is 15.6. The fourth-order valence-electron chi connectivity index (χ4n) is 2.82. The van der Waals surface area contributed by atoms with Gasteiger partial charge in [-0.2, -0.15) is 0 Å². The molecule has 0 saturated carbocycles. The van der Waals surface area contributed by atoms with Gasteiger partial charge in [-0.05, 0) is 28.8 Å². The fourth-order valence-corrected chi connectivity index (χ4v) is 3.14. The molecule has 1 aliphatic rings. The standard InChI is InChI=1S/C13H16BrN3O4/c1-2-3-13(12(18)19)4-5-16(8-13)11-10(17(20)21)6-9(14)7-15-11/h6-7H,2-5,8H2,1H3,(H,18,19). The Balaban J connectivity index is 2.33. The summed E-state index contributed by atoms with van der Waals surface area (Å²) < 4.78 is 0.523. The first-order valence-electron chi connectivity index (χ1n) is 6.68. The van der Waals surface area contributed by atoms with Crippen molar-refractivity contribution in [3.63, 3.8) is 0 Å². The Morgan fingerprint density at radius 2 is 2.38 bits per heavy atom. The first kappa shape index (κ1) is 15.7. The molecular weight excluding hydrogens is 342 g/mol. The minimum Gasteiger partial charge on any atom is -0.481 e. The molecule has 0 bridgehead atoms. The molecular formula is C13H16BrN3O4. The number of hydrogen-bond acceptors (Lipinski definition) is 5. The van der Waals surface area contributed by atoms with E-state index in [0.717, 1.165) is 6.42 Å². The summed E-state index contributed by atoms with van der Waals surface area (Å²) >= 11 is 3.16. The quantitative estimate of drug-likeness (QED) is 0.642. The van der Waals surface area contributed by atoms with Gasteiger partial charge in [0.25, 0.3) is 0 Å². The van der Waals surface area contributed by atoms with Crippen LogP contribution in [0.1, 0.15) is 26.2 Å². The fraction of sp³-hybridized carbons (Fsp3) is 0.538. The average Bonchev–Trinajstić information content (AvgIpc) is 2.84. The Labute approximate surface area is 130 Å². The largest absolute Gasteiger partial charge is 0.481 e. The number of aliphatic carboxylic acids is 1. The maximum absolute atomic E-state index is 11.6. The van der Waals surface area contributed by atoms with E-state index < -0.39 is 16.3 Å². The number of hydrogen-bond donors (Lipinski definition) is 1. The molecule has 0 aromatic carbocycles. The van der Waals surface area contributed by atoms with Crippen molar-refractivity contribution in [1.82, 2.24) is 4.98 Å². The number of carboxylic acid groups (broad SMARTS) is 1. The lowest BCUT2D eigenvalue weighted by molar-refractivity contribution is -0.384. The van der Waals surface area contributed by atoms with E-state index in [1.165, 1.54) is 12.3 Å². The van der Waals surface area contributed by atoms with Crippen LogP contribution in [0.4, 0.5) is 11.5 Å². The molecule has 1 unspecified atom stereocenters. The third kappa shape index (κ3) is 2.99. The molecule has 1 fully saturated rings. The number of nitro groups is 1. The van der Waals surface area contributed by atoms with Gasteiger partial charge in [-0.15, -0.1) is 0 Å². The molecule has 114 valence electrons. The summed E-state index contributed by atoms with van der Waals surface area (Å²) in [5.41, 5.74) is -0.945. The Kier molecular flexibility index (Phi) is 4.46. The van der Waals surface area contributed by atoms with Crippen molar-refractivity contribution in [2.24, 2.45) is 5.41 Å². The number of nitrogens with zero attached hydrogens (tertiary/aromatic N) is 3. The monoisotopic (exact) mass is 357 g/mol. The summed E-state index contributed by atoms with van der Waals surface area (Å²) in [6.45, 7) is 2.65. The molecule has 1 saturated heterocycles. The maximum Gasteiger partial charge on any atom is 0.312 e. The topological polar surface area (TPSA) is 96.6 Å². The minimum atomic E-state index is -0.841. The zero-order valence-corrected chi connectivity index (χ0v) is 13.2. The molecule has 1 aromatic rings. The van der Waals surface area contributed by atoms with Crippen LogP contribution in [-0.2, 0) is 4.79 Å². The van der Waals surface area contributed by atoms with Gasteiger partial charge in [-0.3, -0.25) is 14.9 Å². The highest BCUT2D eigenvalue weighted by Crippen LogP contribution is 2.40. The molecule has 7 nitrogen and oxygen atoms in total. The maximum atomic E-state index is 11.6. The van der Waals surface area contributed by atoms with Crippen LogP contribution in [0.15, 0.2) is 16.7 Å². The summed E-state index contributed by atoms with van der Waals surface area (Å²) in [6, 6.07) is 1.39. The molecule has 1 aromatic heterocycles. The number of anilines is 1. The first-order valence-corrected chi connectivity index (χ1v) is 7.47. The summed E-state index contributed by atoms with van der Waals surface area (Å²) in [5, 5.41) is 20.6. The van der Waals surface area contributed by atoms with Gasteiger partial charge in [-0.1, -0.05) is 13.3 Å². The third-order valence-corrected chi connectivity index (χ3v) is 4.28. The van der Waals surface area contributed by atoms with E-state index >= 15 is 0 Å². The molecule has 0 amide bonds. The number of carbonyl (C=O) groups is 1. The highest BCUT2D eigenvalue weighted by molar-refractivity contribution is 9.10. The van der Waals surface area contributed by atoms with Gasteiger partial charge in [0.1, 0.15) is 0 Å². The highest BCUT2D eigenvalue weighted by atomic mass is 79.9. The molecule has 21 heavy (non-hydrogen) atoms. The van der Waals surface area contributed by atoms with Crippen molar-refractivity contribution in [2.45, 2.75) is 26.2 Å². The van der Waals surface area contributed by atoms with Gasteiger partial charge in [0, 0.05) is 29.8 Å². The van der Waals surface area contributed by atoms with Crippen LogP contribution in [0.3, 0.4) is 0 Å². The van der Waals surface area contributed by atoms with Crippen molar-refractivity contribution in [3.05, 3.63) is 26.9 Å². The SMILES string of the molecule is CCCC1(C(=O)O)CCN(c2ncc(Br)cc2[N+](=O)[O-])C1. The van der Waals surface area contributed by atoms with E-state index in [1.807, 2.05) is 6.92 Å². The lowest BCUT2D eigenvalue weighted by Crippen LogP contribution is -2.35. The van der Waals surface area contributed by atoms with Crippen LogP contribution in [0.5, 0.6) is 0 Å². The van der Waals surface area contributed by atoms with Crippen LogP contribution in [0.2, 0.25) is 0 Å². The Morgan fingerprint density at radius 1 is 1.67 bits per heavy atom. The van der Waals surface area contributed by atoms with Crippen LogP contribution in [0, 0.1) is 15.5 Å². The Hall–Kier alpha value is -1.70. The summed E-state index contributed by atoms with van der Waals surface area (Å²) in [6.07, 6.45) is 3.28. The highest BCUT2D eigenvalue weighted by Gasteiger charge is 2.45. The lowest BCUT2D eigenvalue weighted by atomic mass is 9.83. The molecule has 1 N–H and O–H groups in total. The van der Waals surface area contributed by atoms with Gasteiger partial charge >= 0.3 is 11.7 Å². The molecule has 8 heteroatoms. The first-order chi connectivity index (χ1) is 9.89. The van der Waals surface area contributed by atoms with Crippen molar-refractivity contribution in [2.75, 3.05) is 18.0 Å². The summed E-state index contributed by atoms with van der Waals surface area (Å²) in [7, 11) is 0. The number of rotatable bonds is 5. The van der Waals surface area contributed by atoms with Crippen molar-refractivity contribution < 1.29 is 14.8 Å². The molecule has 1 aliphatic heterocycles. The van der Waals surface area contributed by atoms with Crippen molar-refractivity contribution in [1.29, 1.82) is 0 Å². The van der Waals surface area contributed by atoms with Crippen LogP contribution < -0.4 is 4.90 Å². The number of aromatic nitrogens is 1. The van der Waals surface area contributed by atoms with E-state index in [-0.39, 0.29) is 18.1 Å². The van der Waals surface area contributed by atoms with Crippen molar-refractivity contribution in [3.8, 4) is 0 Å². The van der Waals surface area contributed by atoms with Crippen molar-refractivity contribution >= 4 is 33.4 Å². The van der Waals surface area contributed by atoms with E-state index in [0.29, 0.717) is 23.9 Å². The molecule has 2 heterocycles. The second kappa shape index (κ2) is 5.97. The van der Waals surface area contributed by atoms with Crippen LogP contribution >= 0.6 is 15.9 Å². The Bertz CT molecular complexity index is 581. The normalized spacial score (nSPS) is 21.5. The van der Waals surface area contributed by atoms with Crippen LogP contribution in [0.25, 0.3) is 0 Å². The number of pyridine rings is 1. The van der Waals surface area contributed by atoms with Gasteiger partial charge in [0.2, 0.25) is 5.82 Å². The van der Waals surface area contributed by atoms with E-state index in [2.05, 4.69) is 20.9 Å². The number of carboxylic acids is 1. The van der Waals surface area contributed by atoms with E-state index in [4.69, 9.17) is 0 Å². The number of halogens is 1. The molecule has 2 rings (SSSR count). The average molecular weight is 358 g/mol. The Morgan fingerprint density at radius 3 is 2.95 bits per heavy atom. The molecule has 1 atom stereocenters. The smallest absolute Gasteiger partial charge is 0.312 e.